The molecule has 0 fully saturated rings. The van der Waals surface area contributed by atoms with Crippen molar-refractivity contribution in [1.82, 2.24) is 4.90 Å². The van der Waals surface area contributed by atoms with Gasteiger partial charge in [0.2, 0.25) is 0 Å². The van der Waals surface area contributed by atoms with Crippen molar-refractivity contribution < 1.29 is 32.4 Å². The van der Waals surface area contributed by atoms with Gasteiger partial charge in [-0.05, 0) is 35.9 Å². The Hall–Kier alpha value is -3.58. The summed E-state index contributed by atoms with van der Waals surface area (Å²) in [5, 5.41) is 0. The van der Waals surface area contributed by atoms with Crippen LogP contribution in [0.15, 0.2) is 103 Å². The van der Waals surface area contributed by atoms with E-state index in [1.807, 2.05) is 30.3 Å². The van der Waals surface area contributed by atoms with Gasteiger partial charge in [-0.1, -0.05) is 66.7 Å². The number of benzene rings is 3. The smallest absolute Gasteiger partial charge is 0.444 e. The van der Waals surface area contributed by atoms with Crippen LogP contribution < -0.4 is 9.05 Å². The first-order chi connectivity index (χ1) is 16.6. The van der Waals surface area contributed by atoms with Crippen molar-refractivity contribution in [3.8, 4) is 11.5 Å². The Morgan fingerprint density at radius 3 is 2.03 bits per heavy atom. The van der Waals surface area contributed by atoms with E-state index in [0.29, 0.717) is 11.5 Å². The minimum atomic E-state index is -4.20. The molecule has 0 aliphatic carbocycles. The van der Waals surface area contributed by atoms with E-state index in [9.17, 15) is 9.36 Å². The van der Waals surface area contributed by atoms with Gasteiger partial charge < -0.3 is 18.5 Å². The maximum absolute atomic E-state index is 13.6. The van der Waals surface area contributed by atoms with Gasteiger partial charge in [0.1, 0.15) is 18.1 Å². The third kappa shape index (κ3) is 6.96. The van der Waals surface area contributed by atoms with Crippen LogP contribution in [0.2, 0.25) is 0 Å². The molecule has 8 nitrogen and oxygen atoms in total. The molecule has 0 saturated carbocycles. The van der Waals surface area contributed by atoms with Crippen molar-refractivity contribution in [3.63, 3.8) is 0 Å². The highest BCUT2D eigenvalue weighted by atomic mass is 31.2. The largest absolute Gasteiger partial charge is 0.590 e. The predicted molar refractivity (Wildman–Crippen MR) is 125 cm³/mol. The Kier molecular flexibility index (Phi) is 7.99. The first-order valence-electron chi connectivity index (χ1n) is 10.6. The molecular weight excluding hydrogens is 457 g/mol. The minimum Gasteiger partial charge on any atom is -0.444 e. The molecule has 176 valence electrons. The quantitative estimate of drug-likeness (QED) is 0.377. The molecule has 0 spiro atoms. The molecule has 0 bridgehead atoms. The van der Waals surface area contributed by atoms with Gasteiger partial charge in [-0.25, -0.2) is 13.9 Å². The number of para-hydroxylation sites is 2. The van der Waals surface area contributed by atoms with Gasteiger partial charge >= 0.3 is 13.9 Å². The molecular formula is C25H24NO7P. The van der Waals surface area contributed by atoms with Gasteiger partial charge in [0.05, 0.1) is 13.2 Å². The number of hydrogen-bond acceptors (Lipinski definition) is 7. The molecule has 0 radical (unpaired) electrons. The van der Waals surface area contributed by atoms with Crippen molar-refractivity contribution >= 4 is 13.9 Å². The van der Waals surface area contributed by atoms with Crippen LogP contribution >= 0.6 is 7.82 Å². The fraction of sp³-hybridized carbons (Fsp3) is 0.160. The summed E-state index contributed by atoms with van der Waals surface area (Å²) in [6.07, 6.45) is 1.48. The van der Waals surface area contributed by atoms with Crippen molar-refractivity contribution in [1.29, 1.82) is 0 Å². The SMILES string of the molecule is O=C(OCc1ccccc1)N1C=CCOC(OP(=O)(Oc2ccccc2)Oc2ccccc2)C1. The molecule has 3 aromatic carbocycles. The molecule has 1 unspecified atom stereocenters. The lowest BCUT2D eigenvalue weighted by atomic mass is 10.2. The highest BCUT2D eigenvalue weighted by molar-refractivity contribution is 7.49. The summed E-state index contributed by atoms with van der Waals surface area (Å²) >= 11 is 0. The maximum Gasteiger partial charge on any atom is 0.590 e. The Balaban J connectivity index is 1.45. The summed E-state index contributed by atoms with van der Waals surface area (Å²) in [6.45, 7) is 0.164. The summed E-state index contributed by atoms with van der Waals surface area (Å²) in [6, 6.07) is 26.4. The van der Waals surface area contributed by atoms with Crippen LogP contribution in [-0.2, 0) is 25.2 Å². The highest BCUT2D eigenvalue weighted by Gasteiger charge is 2.37. The Morgan fingerprint density at radius 2 is 1.44 bits per heavy atom. The number of phosphoric ester groups is 1. The van der Waals surface area contributed by atoms with E-state index < -0.39 is 20.2 Å². The van der Waals surface area contributed by atoms with Gasteiger partial charge in [-0.3, -0.25) is 4.90 Å². The zero-order chi connectivity index (χ0) is 23.6. The summed E-state index contributed by atoms with van der Waals surface area (Å²) in [7, 11) is -4.20. The van der Waals surface area contributed by atoms with Crippen LogP contribution in [0.5, 0.6) is 11.5 Å². The predicted octanol–water partition coefficient (Wildman–Crippen LogP) is 5.78. The Labute approximate surface area is 197 Å². The molecule has 34 heavy (non-hydrogen) atoms. The van der Waals surface area contributed by atoms with E-state index in [2.05, 4.69) is 0 Å². The van der Waals surface area contributed by atoms with Crippen LogP contribution in [0.1, 0.15) is 5.56 Å². The standard InChI is InChI=1S/C25H24NO7P/c27-25(30-20-21-11-4-1-5-12-21)26-17-10-18-29-24(19-26)33-34(28,31-22-13-6-2-7-14-22)32-23-15-8-3-9-16-23/h1-17,24H,18-20H2. The van der Waals surface area contributed by atoms with Crippen LogP contribution in [-0.4, -0.2) is 30.4 Å². The zero-order valence-electron chi connectivity index (χ0n) is 18.3. The first kappa shape index (κ1) is 23.6. The third-order valence-electron chi connectivity index (χ3n) is 4.62. The number of nitrogens with zero attached hydrogens (tertiary/aromatic N) is 1. The Morgan fingerprint density at radius 1 is 0.882 bits per heavy atom. The number of hydrogen-bond donors (Lipinski definition) is 0. The second-order valence-electron chi connectivity index (χ2n) is 7.20. The van der Waals surface area contributed by atoms with Crippen LogP contribution in [0.3, 0.4) is 0 Å². The van der Waals surface area contributed by atoms with E-state index in [4.69, 9.17) is 23.0 Å². The van der Waals surface area contributed by atoms with Gasteiger partial charge in [-0.15, -0.1) is 0 Å². The lowest BCUT2D eigenvalue weighted by Crippen LogP contribution is -2.35. The normalized spacial score (nSPS) is 15.9. The summed E-state index contributed by atoms with van der Waals surface area (Å²) in [5.74, 6) is 0.597. The molecule has 1 aliphatic heterocycles. The lowest BCUT2D eigenvalue weighted by Gasteiger charge is -2.26. The minimum absolute atomic E-state index is 0.0790. The third-order valence-corrected chi connectivity index (χ3v) is 5.98. The number of carbonyl (C=O) groups excluding carboxylic acids is 1. The molecule has 0 saturated heterocycles. The average Bonchev–Trinajstić information content (AvgIpc) is 3.09. The molecule has 0 aromatic heterocycles. The number of amides is 1. The Bertz CT molecular complexity index is 1080. The molecule has 1 atom stereocenters. The van der Waals surface area contributed by atoms with Crippen molar-refractivity contribution in [3.05, 3.63) is 109 Å². The summed E-state index contributed by atoms with van der Waals surface area (Å²) in [4.78, 5) is 13.9. The van der Waals surface area contributed by atoms with Crippen molar-refractivity contribution in [2.75, 3.05) is 13.2 Å². The van der Waals surface area contributed by atoms with Crippen LogP contribution in [0.4, 0.5) is 4.79 Å². The van der Waals surface area contributed by atoms with Gasteiger partial charge in [-0.2, -0.15) is 0 Å². The monoisotopic (exact) mass is 481 g/mol. The van der Waals surface area contributed by atoms with E-state index in [-0.39, 0.29) is 19.8 Å². The fourth-order valence-corrected chi connectivity index (χ4v) is 4.33. The topological polar surface area (TPSA) is 83.5 Å². The zero-order valence-corrected chi connectivity index (χ0v) is 19.2. The van der Waals surface area contributed by atoms with E-state index in [0.717, 1.165) is 5.56 Å². The second-order valence-corrected chi connectivity index (χ2v) is 8.67. The number of phosphoric acid groups is 1. The molecule has 0 N–H and O–H groups in total. The summed E-state index contributed by atoms with van der Waals surface area (Å²) < 4.78 is 41.6. The number of carbonyl (C=O) groups is 1. The van der Waals surface area contributed by atoms with E-state index in [1.54, 1.807) is 66.7 Å². The van der Waals surface area contributed by atoms with Gasteiger partial charge in [0.25, 0.3) is 0 Å². The lowest BCUT2D eigenvalue weighted by molar-refractivity contribution is -0.0845. The molecule has 3 aromatic rings. The van der Waals surface area contributed by atoms with E-state index in [1.165, 1.54) is 11.1 Å². The van der Waals surface area contributed by atoms with Gasteiger partial charge in [0, 0.05) is 6.20 Å². The van der Waals surface area contributed by atoms with Crippen molar-refractivity contribution in [2.24, 2.45) is 0 Å². The molecule has 1 heterocycles. The number of ether oxygens (including phenoxy) is 2. The molecule has 1 aliphatic rings. The summed E-state index contributed by atoms with van der Waals surface area (Å²) in [5.41, 5.74) is 0.857. The fourth-order valence-electron chi connectivity index (χ4n) is 3.04. The highest BCUT2D eigenvalue weighted by Crippen LogP contribution is 2.50. The molecule has 4 rings (SSSR count). The average molecular weight is 481 g/mol. The van der Waals surface area contributed by atoms with Gasteiger partial charge in [0.15, 0.2) is 6.29 Å². The maximum atomic E-state index is 13.6. The first-order valence-corrected chi connectivity index (χ1v) is 12.1. The van der Waals surface area contributed by atoms with Crippen LogP contribution in [0.25, 0.3) is 0 Å². The van der Waals surface area contributed by atoms with Crippen molar-refractivity contribution in [2.45, 2.75) is 12.9 Å². The second kappa shape index (κ2) is 11.5. The number of rotatable bonds is 8. The van der Waals surface area contributed by atoms with Crippen LogP contribution in [0, 0.1) is 0 Å². The molecule has 1 amide bonds. The van der Waals surface area contributed by atoms with E-state index >= 15 is 0 Å². The molecule has 9 heteroatoms.